The first-order valence-corrected chi connectivity index (χ1v) is 10.8. The SMILES string of the molecule is CCOC(C[C@]1(C)Cc2cnn(-c3ccc(F)cc3)c2C=C1C)c1nc(C)cs1. The molecule has 0 fully saturated rings. The van der Waals surface area contributed by atoms with Crippen LogP contribution in [0, 0.1) is 18.2 Å². The van der Waals surface area contributed by atoms with Gasteiger partial charge in [0.25, 0.3) is 0 Å². The molecule has 0 bridgehead atoms. The number of thiazole rings is 1. The Labute approximate surface area is 175 Å². The molecule has 2 heterocycles. The van der Waals surface area contributed by atoms with Gasteiger partial charge in [0.05, 0.1) is 17.6 Å². The Hall–Kier alpha value is -2.31. The highest BCUT2D eigenvalue weighted by Crippen LogP contribution is 2.45. The third-order valence-corrected chi connectivity index (χ3v) is 6.81. The lowest BCUT2D eigenvalue weighted by molar-refractivity contribution is 0.0321. The van der Waals surface area contributed by atoms with Gasteiger partial charge in [-0.05, 0) is 74.9 Å². The summed E-state index contributed by atoms with van der Waals surface area (Å²) in [6.45, 7) is 9.19. The first-order chi connectivity index (χ1) is 13.9. The van der Waals surface area contributed by atoms with Crippen LogP contribution >= 0.6 is 11.3 Å². The molecule has 0 amide bonds. The van der Waals surface area contributed by atoms with Crippen molar-refractivity contribution < 1.29 is 9.13 Å². The Morgan fingerprint density at radius 2 is 2.03 bits per heavy atom. The van der Waals surface area contributed by atoms with Gasteiger partial charge >= 0.3 is 0 Å². The second-order valence-corrected chi connectivity index (χ2v) is 8.87. The zero-order valence-electron chi connectivity index (χ0n) is 17.3. The van der Waals surface area contributed by atoms with E-state index in [9.17, 15) is 4.39 Å². The fourth-order valence-electron chi connectivity index (χ4n) is 3.99. The third kappa shape index (κ3) is 3.91. The summed E-state index contributed by atoms with van der Waals surface area (Å²) in [7, 11) is 0. The Bertz CT molecular complexity index is 1040. The fourth-order valence-corrected chi connectivity index (χ4v) is 4.83. The van der Waals surface area contributed by atoms with Gasteiger partial charge in [0.2, 0.25) is 0 Å². The van der Waals surface area contributed by atoms with E-state index in [1.54, 1.807) is 23.5 Å². The maximum absolute atomic E-state index is 13.3. The van der Waals surface area contributed by atoms with E-state index < -0.39 is 0 Å². The molecule has 0 spiro atoms. The van der Waals surface area contributed by atoms with E-state index in [0.29, 0.717) is 6.61 Å². The van der Waals surface area contributed by atoms with Crippen LogP contribution in [-0.4, -0.2) is 21.4 Å². The molecule has 29 heavy (non-hydrogen) atoms. The number of fused-ring (bicyclic) bond motifs is 1. The summed E-state index contributed by atoms with van der Waals surface area (Å²) in [6, 6.07) is 6.45. The molecule has 3 aromatic rings. The van der Waals surface area contributed by atoms with Gasteiger partial charge in [-0.15, -0.1) is 11.3 Å². The highest BCUT2D eigenvalue weighted by Gasteiger charge is 2.36. The first kappa shape index (κ1) is 20.0. The van der Waals surface area contributed by atoms with E-state index in [4.69, 9.17) is 4.74 Å². The third-order valence-electron chi connectivity index (χ3n) is 5.76. The number of halogens is 1. The minimum absolute atomic E-state index is 0.0132. The number of allylic oxidation sites excluding steroid dienone is 1. The first-order valence-electron chi connectivity index (χ1n) is 9.95. The number of hydrogen-bond acceptors (Lipinski definition) is 4. The number of ether oxygens (including phenoxy) is 1. The van der Waals surface area contributed by atoms with Gasteiger partial charge in [-0.1, -0.05) is 12.5 Å². The summed E-state index contributed by atoms with van der Waals surface area (Å²) in [5.41, 5.74) is 5.44. The molecule has 1 aliphatic carbocycles. The quantitative estimate of drug-likeness (QED) is 0.506. The van der Waals surface area contributed by atoms with Crippen LogP contribution in [0.5, 0.6) is 0 Å². The normalized spacial score (nSPS) is 19.7. The minimum Gasteiger partial charge on any atom is -0.371 e. The Morgan fingerprint density at radius 3 is 2.69 bits per heavy atom. The molecular weight excluding hydrogens is 385 g/mol. The molecule has 2 atom stereocenters. The Morgan fingerprint density at radius 1 is 1.28 bits per heavy atom. The average molecular weight is 412 g/mol. The molecule has 152 valence electrons. The molecular formula is C23H26FN3OS. The molecule has 4 nitrogen and oxygen atoms in total. The standard InChI is InChI=1S/C23H26FN3OS/c1-5-28-21(22-26-16(3)14-29-22)12-23(4)11-17-13-25-27(20(17)10-15(23)2)19-8-6-18(24)7-9-19/h6-10,13-14,21H,5,11-12H2,1-4H3/t21?,23-/m0/s1. The van der Waals surface area contributed by atoms with Crippen molar-refractivity contribution in [2.75, 3.05) is 6.61 Å². The number of nitrogens with zero attached hydrogens (tertiary/aromatic N) is 3. The van der Waals surface area contributed by atoms with Crippen LogP contribution in [0.15, 0.2) is 41.4 Å². The number of hydrogen-bond donors (Lipinski definition) is 0. The topological polar surface area (TPSA) is 39.9 Å². The van der Waals surface area contributed by atoms with E-state index in [1.807, 2.05) is 24.7 Å². The van der Waals surface area contributed by atoms with Gasteiger partial charge in [0.15, 0.2) is 0 Å². The lowest BCUT2D eigenvalue weighted by Gasteiger charge is -2.36. The molecule has 1 aliphatic rings. The zero-order chi connectivity index (χ0) is 20.6. The van der Waals surface area contributed by atoms with Crippen molar-refractivity contribution in [2.24, 2.45) is 5.41 Å². The van der Waals surface area contributed by atoms with Gasteiger partial charge in [0.1, 0.15) is 16.9 Å². The maximum atomic E-state index is 13.3. The summed E-state index contributed by atoms with van der Waals surface area (Å²) in [5, 5.41) is 7.71. The predicted molar refractivity (Wildman–Crippen MR) is 115 cm³/mol. The fraction of sp³-hybridized carbons (Fsp3) is 0.391. The molecule has 0 N–H and O–H groups in total. The molecule has 0 saturated heterocycles. The molecule has 0 aliphatic heterocycles. The van der Waals surface area contributed by atoms with Crippen molar-refractivity contribution in [3.63, 3.8) is 0 Å². The Kier molecular flexibility index (Phi) is 5.40. The zero-order valence-corrected chi connectivity index (χ0v) is 18.1. The molecule has 1 aromatic carbocycles. The summed E-state index contributed by atoms with van der Waals surface area (Å²) in [6.07, 6.45) is 5.90. The molecule has 1 unspecified atom stereocenters. The van der Waals surface area contributed by atoms with Crippen molar-refractivity contribution in [1.29, 1.82) is 0 Å². The summed E-state index contributed by atoms with van der Waals surface area (Å²) >= 11 is 1.67. The maximum Gasteiger partial charge on any atom is 0.123 e. The monoisotopic (exact) mass is 411 g/mol. The van der Waals surface area contributed by atoms with Crippen LogP contribution in [0.4, 0.5) is 4.39 Å². The molecule has 6 heteroatoms. The summed E-state index contributed by atoms with van der Waals surface area (Å²) in [4.78, 5) is 4.67. The van der Waals surface area contributed by atoms with Gasteiger partial charge in [-0.3, -0.25) is 0 Å². The van der Waals surface area contributed by atoms with E-state index in [0.717, 1.165) is 34.9 Å². The van der Waals surface area contributed by atoms with Crippen LogP contribution in [0.1, 0.15) is 55.3 Å². The van der Waals surface area contributed by atoms with Crippen molar-refractivity contribution >= 4 is 17.4 Å². The lowest BCUT2D eigenvalue weighted by Crippen LogP contribution is -2.28. The highest BCUT2D eigenvalue weighted by molar-refractivity contribution is 7.09. The average Bonchev–Trinajstić information content (AvgIpc) is 3.29. The van der Waals surface area contributed by atoms with Gasteiger partial charge in [-0.2, -0.15) is 5.10 Å². The number of benzene rings is 1. The second kappa shape index (κ2) is 7.84. The molecule has 0 saturated carbocycles. The Balaban J connectivity index is 1.63. The molecule has 4 rings (SSSR count). The number of aromatic nitrogens is 3. The number of rotatable bonds is 6. The predicted octanol–water partition coefficient (Wildman–Crippen LogP) is 5.91. The largest absolute Gasteiger partial charge is 0.371 e. The number of aryl methyl sites for hydroxylation is 1. The summed E-state index contributed by atoms with van der Waals surface area (Å²) < 4.78 is 21.3. The summed E-state index contributed by atoms with van der Waals surface area (Å²) in [5.74, 6) is -0.242. The van der Waals surface area contributed by atoms with Gasteiger partial charge < -0.3 is 4.74 Å². The lowest BCUT2D eigenvalue weighted by atomic mass is 9.70. The molecule has 2 aromatic heterocycles. The van der Waals surface area contributed by atoms with Crippen molar-refractivity contribution in [2.45, 2.75) is 46.6 Å². The van der Waals surface area contributed by atoms with Crippen molar-refractivity contribution in [3.05, 3.63) is 69.2 Å². The minimum atomic E-state index is -0.242. The van der Waals surface area contributed by atoms with Crippen LogP contribution in [0.25, 0.3) is 11.8 Å². The van der Waals surface area contributed by atoms with Crippen molar-refractivity contribution in [3.8, 4) is 5.69 Å². The van der Waals surface area contributed by atoms with Gasteiger partial charge in [0, 0.05) is 17.7 Å². The van der Waals surface area contributed by atoms with E-state index in [1.165, 1.54) is 23.3 Å². The van der Waals surface area contributed by atoms with Crippen molar-refractivity contribution in [1.82, 2.24) is 14.8 Å². The van der Waals surface area contributed by atoms with Crippen LogP contribution < -0.4 is 0 Å². The highest BCUT2D eigenvalue weighted by atomic mass is 32.1. The van der Waals surface area contributed by atoms with E-state index in [-0.39, 0.29) is 17.3 Å². The molecule has 0 radical (unpaired) electrons. The smallest absolute Gasteiger partial charge is 0.123 e. The van der Waals surface area contributed by atoms with Gasteiger partial charge in [-0.25, -0.2) is 14.1 Å². The van der Waals surface area contributed by atoms with Crippen LogP contribution in [0.2, 0.25) is 0 Å². The van der Waals surface area contributed by atoms with E-state index >= 15 is 0 Å². The van der Waals surface area contributed by atoms with Crippen LogP contribution in [0.3, 0.4) is 0 Å². The second-order valence-electron chi connectivity index (χ2n) is 7.98. The van der Waals surface area contributed by atoms with E-state index in [2.05, 4.69) is 35.4 Å². The van der Waals surface area contributed by atoms with Crippen LogP contribution in [-0.2, 0) is 11.2 Å².